The van der Waals surface area contributed by atoms with Crippen LogP contribution in [0.5, 0.6) is 0 Å². The Morgan fingerprint density at radius 1 is 0.600 bits per heavy atom. The second kappa shape index (κ2) is 37.4. The first-order valence-corrected chi connectivity index (χ1v) is 25.9. The van der Waals surface area contributed by atoms with Crippen LogP contribution in [0.4, 0.5) is 0 Å². The van der Waals surface area contributed by atoms with E-state index < -0.39 is 78.5 Å². The van der Waals surface area contributed by atoms with Crippen molar-refractivity contribution in [2.24, 2.45) is 0 Å². The molecule has 358 valence electrons. The van der Waals surface area contributed by atoms with Gasteiger partial charge in [0, 0.05) is 0 Å². The Labute approximate surface area is 365 Å². The summed E-state index contributed by atoms with van der Waals surface area (Å²) in [4.78, 5) is 13.1. The summed E-state index contributed by atoms with van der Waals surface area (Å²) in [6.07, 6.45) is 27.1. The lowest BCUT2D eigenvalue weighted by atomic mass is 9.99. The predicted octanol–water partition coefficient (Wildman–Crippen LogP) is 8.75. The van der Waals surface area contributed by atoms with E-state index in [1.807, 2.05) is 0 Å². The van der Waals surface area contributed by atoms with Gasteiger partial charge >= 0.3 is 10.4 Å². The number of ether oxygens (including phenoxy) is 2. The standard InChI is InChI=1S/C46H91NO12S/c1-3-5-7-9-11-13-15-17-19-20-21-23-25-27-29-31-33-35-40(50)45(53)47-38(37-57-46-43(52)44(59-60(54,55)56)42(51)41(36-48)58-46)39(49)34-32-30-28-26-24-22-18-16-14-12-10-8-6-4-2/h38-44,46,48-52H,3-37H2,1-2H3,(H,47,53)(H,54,55,56). The van der Waals surface area contributed by atoms with Gasteiger partial charge in [-0.1, -0.05) is 213 Å². The molecular weight excluding hydrogens is 791 g/mol. The molecule has 0 aromatic carbocycles. The number of hydrogen-bond acceptors (Lipinski definition) is 11. The minimum atomic E-state index is -5.11. The van der Waals surface area contributed by atoms with Crippen molar-refractivity contribution in [3.63, 3.8) is 0 Å². The number of amides is 1. The Hall–Kier alpha value is -0.940. The smallest absolute Gasteiger partial charge is 0.394 e. The Morgan fingerprint density at radius 2 is 0.967 bits per heavy atom. The van der Waals surface area contributed by atoms with Crippen LogP contribution >= 0.6 is 0 Å². The van der Waals surface area contributed by atoms with Crippen LogP contribution in [0.25, 0.3) is 0 Å². The Bertz CT molecular complexity index is 1100. The fraction of sp³-hybridized carbons (Fsp3) is 0.978. The fourth-order valence-electron chi connectivity index (χ4n) is 8.11. The molecule has 14 heteroatoms. The molecule has 0 bridgehead atoms. The quantitative estimate of drug-likeness (QED) is 0.0227. The highest BCUT2D eigenvalue weighted by atomic mass is 32.3. The molecule has 0 radical (unpaired) electrons. The molecule has 13 nitrogen and oxygen atoms in total. The van der Waals surface area contributed by atoms with Crippen molar-refractivity contribution in [3.8, 4) is 0 Å². The number of rotatable bonds is 42. The monoisotopic (exact) mass is 882 g/mol. The number of carbonyl (C=O) groups excluding carboxylic acids is 1. The number of carbonyl (C=O) groups is 1. The van der Waals surface area contributed by atoms with E-state index in [1.54, 1.807) is 0 Å². The maximum absolute atomic E-state index is 13.1. The molecule has 8 unspecified atom stereocenters. The molecule has 1 rings (SSSR count). The summed E-state index contributed by atoms with van der Waals surface area (Å²) in [5.41, 5.74) is 0. The van der Waals surface area contributed by atoms with Gasteiger partial charge in [-0.25, -0.2) is 4.18 Å². The molecular formula is C46H91NO12S. The molecule has 1 amide bonds. The van der Waals surface area contributed by atoms with Gasteiger partial charge in [-0.15, -0.1) is 0 Å². The summed E-state index contributed by atoms with van der Waals surface area (Å²) in [6, 6.07) is -1.03. The van der Waals surface area contributed by atoms with Gasteiger partial charge in [0.2, 0.25) is 5.91 Å². The topological polar surface area (TPSA) is 212 Å². The van der Waals surface area contributed by atoms with E-state index in [0.29, 0.717) is 19.3 Å². The van der Waals surface area contributed by atoms with Crippen molar-refractivity contribution in [1.82, 2.24) is 5.32 Å². The summed E-state index contributed by atoms with van der Waals surface area (Å²) in [5, 5.41) is 55.4. The molecule has 7 N–H and O–H groups in total. The highest BCUT2D eigenvalue weighted by Gasteiger charge is 2.48. The third-order valence-electron chi connectivity index (χ3n) is 12.0. The maximum Gasteiger partial charge on any atom is 0.397 e. The highest BCUT2D eigenvalue weighted by Crippen LogP contribution is 2.26. The predicted molar refractivity (Wildman–Crippen MR) is 238 cm³/mol. The van der Waals surface area contributed by atoms with Crippen LogP contribution in [0.3, 0.4) is 0 Å². The molecule has 0 aromatic rings. The zero-order valence-corrected chi connectivity index (χ0v) is 38.7. The van der Waals surface area contributed by atoms with E-state index in [-0.39, 0.29) is 6.42 Å². The number of unbranched alkanes of at least 4 members (excludes halogenated alkanes) is 29. The molecule has 1 aliphatic rings. The molecule has 60 heavy (non-hydrogen) atoms. The van der Waals surface area contributed by atoms with Crippen molar-refractivity contribution in [2.45, 2.75) is 275 Å². The Kier molecular flexibility index (Phi) is 35.6. The van der Waals surface area contributed by atoms with Crippen LogP contribution in [0, 0.1) is 0 Å². The van der Waals surface area contributed by atoms with Gasteiger partial charge in [0.05, 0.1) is 25.4 Å². The van der Waals surface area contributed by atoms with Gasteiger partial charge in [0.15, 0.2) is 6.29 Å². The van der Waals surface area contributed by atoms with Crippen LogP contribution in [-0.2, 0) is 28.9 Å². The van der Waals surface area contributed by atoms with Gasteiger partial charge in [0.25, 0.3) is 0 Å². The maximum atomic E-state index is 13.1. The van der Waals surface area contributed by atoms with Crippen molar-refractivity contribution < 1.29 is 57.0 Å². The minimum absolute atomic E-state index is 0.266. The summed E-state index contributed by atoms with van der Waals surface area (Å²) >= 11 is 0. The van der Waals surface area contributed by atoms with Gasteiger partial charge < -0.3 is 40.3 Å². The average Bonchev–Trinajstić information content (AvgIpc) is 3.22. The summed E-state index contributed by atoms with van der Waals surface area (Å²) in [5.74, 6) is -0.665. The largest absolute Gasteiger partial charge is 0.397 e. The number of hydrogen-bond donors (Lipinski definition) is 7. The first kappa shape index (κ1) is 57.1. The van der Waals surface area contributed by atoms with Crippen molar-refractivity contribution in [1.29, 1.82) is 0 Å². The lowest BCUT2D eigenvalue weighted by Gasteiger charge is -2.41. The van der Waals surface area contributed by atoms with E-state index in [0.717, 1.165) is 38.5 Å². The fourth-order valence-corrected chi connectivity index (χ4v) is 8.62. The SMILES string of the molecule is CCCCCCCCCCCCCCCCCCCC(O)C(=O)NC(COC1OC(CO)C(O)C(OS(=O)(=O)O)C1O)C(O)CCCCCCCCCCCCCCCC. The van der Waals surface area contributed by atoms with Gasteiger partial charge in [0.1, 0.15) is 30.5 Å². The van der Waals surface area contributed by atoms with Crippen LogP contribution in [0.15, 0.2) is 0 Å². The minimum Gasteiger partial charge on any atom is -0.394 e. The molecule has 1 fully saturated rings. The Balaban J connectivity index is 2.51. The molecule has 0 saturated carbocycles. The van der Waals surface area contributed by atoms with Crippen molar-refractivity contribution >= 4 is 16.3 Å². The first-order valence-electron chi connectivity index (χ1n) is 24.5. The molecule has 0 aliphatic carbocycles. The zero-order chi connectivity index (χ0) is 44.3. The molecule has 0 spiro atoms. The van der Waals surface area contributed by atoms with Gasteiger partial charge in [-0.05, 0) is 12.8 Å². The lowest BCUT2D eigenvalue weighted by Crippen LogP contribution is -2.61. The number of aliphatic hydroxyl groups excluding tert-OH is 5. The van der Waals surface area contributed by atoms with E-state index in [4.69, 9.17) is 9.47 Å². The summed E-state index contributed by atoms with van der Waals surface area (Å²) in [7, 11) is -5.11. The molecule has 1 saturated heterocycles. The third kappa shape index (κ3) is 29.4. The van der Waals surface area contributed by atoms with Crippen LogP contribution in [-0.4, -0.2) is 107 Å². The molecule has 0 aromatic heterocycles. The van der Waals surface area contributed by atoms with Crippen LogP contribution in [0.1, 0.15) is 226 Å². The Morgan fingerprint density at radius 3 is 1.33 bits per heavy atom. The first-order chi connectivity index (χ1) is 28.9. The average molecular weight is 882 g/mol. The lowest BCUT2D eigenvalue weighted by molar-refractivity contribution is -0.298. The van der Waals surface area contributed by atoms with E-state index in [9.17, 15) is 43.3 Å². The number of aliphatic hydroxyl groups is 5. The van der Waals surface area contributed by atoms with Crippen molar-refractivity contribution in [3.05, 3.63) is 0 Å². The number of nitrogens with one attached hydrogen (secondary N) is 1. The van der Waals surface area contributed by atoms with Gasteiger partial charge in [-0.3, -0.25) is 9.35 Å². The van der Waals surface area contributed by atoms with Gasteiger partial charge in [-0.2, -0.15) is 8.42 Å². The summed E-state index contributed by atoms with van der Waals surface area (Å²) in [6.45, 7) is 3.30. The van der Waals surface area contributed by atoms with Crippen LogP contribution in [0.2, 0.25) is 0 Å². The highest BCUT2D eigenvalue weighted by molar-refractivity contribution is 7.80. The molecule has 8 atom stereocenters. The van der Waals surface area contributed by atoms with E-state index in [1.165, 1.54) is 148 Å². The zero-order valence-electron chi connectivity index (χ0n) is 37.9. The second-order valence-corrected chi connectivity index (χ2v) is 18.6. The molecule has 1 heterocycles. The van der Waals surface area contributed by atoms with E-state index in [2.05, 4.69) is 23.3 Å². The van der Waals surface area contributed by atoms with Crippen LogP contribution < -0.4 is 5.32 Å². The second-order valence-electron chi connectivity index (χ2n) is 17.6. The third-order valence-corrected chi connectivity index (χ3v) is 12.5. The normalized spacial score (nSPS) is 21.2. The molecule has 1 aliphatic heterocycles. The summed E-state index contributed by atoms with van der Waals surface area (Å²) < 4.78 is 47.6. The van der Waals surface area contributed by atoms with E-state index >= 15 is 0 Å². The van der Waals surface area contributed by atoms with Crippen molar-refractivity contribution in [2.75, 3.05) is 13.2 Å².